The first-order valence-corrected chi connectivity index (χ1v) is 10.5. The highest BCUT2D eigenvalue weighted by Gasteiger charge is 2.13. The summed E-state index contributed by atoms with van der Waals surface area (Å²) < 4.78 is 1.60. The van der Waals surface area contributed by atoms with E-state index in [4.69, 9.17) is 4.98 Å². The minimum atomic E-state index is -0.126. The van der Waals surface area contributed by atoms with Crippen molar-refractivity contribution in [1.82, 2.24) is 14.5 Å². The Hall–Kier alpha value is -3.58. The molecular weight excluding hydrogens is 396 g/mol. The molecule has 0 aliphatic rings. The van der Waals surface area contributed by atoms with E-state index in [-0.39, 0.29) is 11.5 Å². The fraction of sp³-hybridized carbons (Fsp3) is 0.130. The van der Waals surface area contributed by atoms with Crippen LogP contribution in [-0.4, -0.2) is 27.0 Å². The van der Waals surface area contributed by atoms with Gasteiger partial charge in [-0.3, -0.25) is 19.1 Å². The van der Waals surface area contributed by atoms with Crippen molar-refractivity contribution in [3.05, 3.63) is 81.8 Å². The van der Waals surface area contributed by atoms with E-state index in [0.29, 0.717) is 34.1 Å². The van der Waals surface area contributed by atoms with Gasteiger partial charge in [0.15, 0.2) is 5.13 Å². The Balaban J connectivity index is 1.80. The monoisotopic (exact) mass is 416 g/mol. The van der Waals surface area contributed by atoms with Crippen molar-refractivity contribution in [3.63, 3.8) is 0 Å². The molecule has 0 aliphatic carbocycles. The Morgan fingerprint density at radius 1 is 1.07 bits per heavy atom. The summed E-state index contributed by atoms with van der Waals surface area (Å²) in [5, 5.41) is 3.09. The van der Waals surface area contributed by atoms with Crippen molar-refractivity contribution in [1.29, 1.82) is 0 Å². The van der Waals surface area contributed by atoms with E-state index in [9.17, 15) is 9.59 Å². The second kappa shape index (κ2) is 8.42. The lowest BCUT2D eigenvalue weighted by Crippen LogP contribution is -2.27. The molecule has 7 heteroatoms. The number of para-hydroxylation sites is 2. The van der Waals surface area contributed by atoms with Gasteiger partial charge in [0.1, 0.15) is 5.82 Å². The number of carbonyl (C=O) groups excluding carboxylic acids is 1. The van der Waals surface area contributed by atoms with Gasteiger partial charge in [0, 0.05) is 18.8 Å². The highest BCUT2D eigenvalue weighted by Crippen LogP contribution is 2.22. The fourth-order valence-electron chi connectivity index (χ4n) is 3.22. The van der Waals surface area contributed by atoms with E-state index in [1.165, 1.54) is 18.3 Å². The first-order chi connectivity index (χ1) is 14.6. The summed E-state index contributed by atoms with van der Waals surface area (Å²) >= 11 is 1.41. The zero-order chi connectivity index (χ0) is 21.1. The van der Waals surface area contributed by atoms with E-state index in [2.05, 4.69) is 4.98 Å². The lowest BCUT2D eigenvalue weighted by molar-refractivity contribution is -0.116. The second-order valence-corrected chi connectivity index (χ2v) is 7.45. The Bertz CT molecular complexity index is 1290. The van der Waals surface area contributed by atoms with Crippen LogP contribution in [-0.2, 0) is 4.79 Å². The van der Waals surface area contributed by atoms with Crippen molar-refractivity contribution in [2.45, 2.75) is 13.8 Å². The van der Waals surface area contributed by atoms with Gasteiger partial charge in [-0.1, -0.05) is 30.3 Å². The molecular formula is C23H20N4O2S. The van der Waals surface area contributed by atoms with Crippen molar-refractivity contribution in [2.24, 2.45) is 0 Å². The highest BCUT2D eigenvalue weighted by atomic mass is 32.1. The minimum absolute atomic E-state index is 0.0449. The largest absolute Gasteiger partial charge is 0.289 e. The predicted molar refractivity (Wildman–Crippen MR) is 122 cm³/mol. The SMILES string of the molecule is CCN(C(C)=O)c1nc(/C=C/c2nc3ccccc3c(=O)n2-c2ccccc2)cs1. The average Bonchev–Trinajstić information content (AvgIpc) is 3.22. The topological polar surface area (TPSA) is 68.1 Å². The number of carbonyl (C=O) groups is 1. The molecule has 0 saturated heterocycles. The van der Waals surface area contributed by atoms with Crippen molar-refractivity contribution < 1.29 is 4.79 Å². The first-order valence-electron chi connectivity index (χ1n) is 9.57. The lowest BCUT2D eigenvalue weighted by atomic mass is 10.2. The fourth-order valence-corrected chi connectivity index (χ4v) is 4.12. The molecule has 0 fully saturated rings. The van der Waals surface area contributed by atoms with Crippen LogP contribution in [0, 0.1) is 0 Å². The molecule has 150 valence electrons. The summed E-state index contributed by atoms with van der Waals surface area (Å²) in [5.74, 6) is 0.467. The average molecular weight is 417 g/mol. The molecule has 1 amide bonds. The second-order valence-electron chi connectivity index (χ2n) is 6.61. The summed E-state index contributed by atoms with van der Waals surface area (Å²) in [6, 6.07) is 16.7. The molecule has 0 aliphatic heterocycles. The van der Waals surface area contributed by atoms with Gasteiger partial charge in [-0.05, 0) is 43.3 Å². The maximum atomic E-state index is 13.2. The van der Waals surface area contributed by atoms with Crippen LogP contribution in [0.1, 0.15) is 25.4 Å². The molecule has 0 atom stereocenters. The van der Waals surface area contributed by atoms with Crippen LogP contribution in [0.25, 0.3) is 28.7 Å². The number of benzene rings is 2. The number of fused-ring (bicyclic) bond motifs is 1. The third-order valence-corrected chi connectivity index (χ3v) is 5.54. The summed E-state index contributed by atoms with van der Waals surface area (Å²) in [6.45, 7) is 4.00. The predicted octanol–water partition coefficient (Wildman–Crippen LogP) is 4.39. The third kappa shape index (κ3) is 3.79. The molecule has 0 saturated carbocycles. The highest BCUT2D eigenvalue weighted by molar-refractivity contribution is 7.14. The van der Waals surface area contributed by atoms with Gasteiger partial charge >= 0.3 is 0 Å². The van der Waals surface area contributed by atoms with Crippen molar-refractivity contribution in [2.75, 3.05) is 11.4 Å². The Morgan fingerprint density at radius 2 is 1.80 bits per heavy atom. The quantitative estimate of drug-likeness (QED) is 0.484. The Kier molecular flexibility index (Phi) is 5.54. The molecule has 2 aromatic heterocycles. The molecule has 2 heterocycles. The summed E-state index contributed by atoms with van der Waals surface area (Å²) in [4.78, 5) is 35.8. The maximum Gasteiger partial charge on any atom is 0.266 e. The lowest BCUT2D eigenvalue weighted by Gasteiger charge is -2.14. The van der Waals surface area contributed by atoms with E-state index in [1.54, 1.807) is 21.6 Å². The summed E-state index contributed by atoms with van der Waals surface area (Å²) in [5.41, 5.74) is 1.96. The van der Waals surface area contributed by atoms with E-state index < -0.39 is 0 Å². The van der Waals surface area contributed by atoms with Crippen LogP contribution in [0.15, 0.2) is 64.8 Å². The number of hydrogen-bond acceptors (Lipinski definition) is 5. The molecule has 0 bridgehead atoms. The van der Waals surface area contributed by atoms with Gasteiger partial charge < -0.3 is 0 Å². The van der Waals surface area contributed by atoms with Crippen LogP contribution >= 0.6 is 11.3 Å². The Morgan fingerprint density at radius 3 is 2.53 bits per heavy atom. The molecule has 0 unspecified atom stereocenters. The van der Waals surface area contributed by atoms with Gasteiger partial charge in [-0.25, -0.2) is 9.97 Å². The molecule has 4 aromatic rings. The van der Waals surface area contributed by atoms with Crippen LogP contribution < -0.4 is 10.5 Å². The molecule has 2 aromatic carbocycles. The van der Waals surface area contributed by atoms with Gasteiger partial charge in [0.25, 0.3) is 5.56 Å². The standard InChI is InChI=1S/C23H20N4O2S/c1-3-26(16(2)28)23-24-17(15-30-23)13-14-21-25-20-12-8-7-11-19(20)22(29)27(21)18-9-5-4-6-10-18/h4-15H,3H2,1-2H3/b14-13+. The molecule has 30 heavy (non-hydrogen) atoms. The smallest absolute Gasteiger partial charge is 0.266 e. The molecule has 4 rings (SSSR count). The molecule has 0 N–H and O–H groups in total. The van der Waals surface area contributed by atoms with Crippen LogP contribution in [0.3, 0.4) is 0 Å². The van der Waals surface area contributed by atoms with Crippen LogP contribution in [0.4, 0.5) is 5.13 Å². The van der Waals surface area contributed by atoms with Gasteiger partial charge in [0.05, 0.1) is 22.3 Å². The summed E-state index contributed by atoms with van der Waals surface area (Å²) in [7, 11) is 0. The number of thiazole rings is 1. The van der Waals surface area contributed by atoms with Crippen LogP contribution in [0.5, 0.6) is 0 Å². The maximum absolute atomic E-state index is 13.2. The number of amides is 1. The molecule has 0 radical (unpaired) electrons. The zero-order valence-corrected chi connectivity index (χ0v) is 17.5. The van der Waals surface area contributed by atoms with Crippen molar-refractivity contribution in [3.8, 4) is 5.69 Å². The normalized spacial score (nSPS) is 11.3. The molecule has 0 spiro atoms. The number of hydrogen-bond donors (Lipinski definition) is 0. The van der Waals surface area contributed by atoms with E-state index in [0.717, 1.165) is 5.69 Å². The number of nitrogens with zero attached hydrogens (tertiary/aromatic N) is 4. The number of rotatable bonds is 5. The molecule has 6 nitrogen and oxygen atoms in total. The van der Waals surface area contributed by atoms with Gasteiger partial charge in [-0.2, -0.15) is 0 Å². The van der Waals surface area contributed by atoms with E-state index in [1.807, 2.05) is 66.9 Å². The number of aromatic nitrogens is 3. The van der Waals surface area contributed by atoms with Crippen molar-refractivity contribution >= 4 is 45.4 Å². The van der Waals surface area contributed by atoms with Gasteiger partial charge in [0.2, 0.25) is 5.91 Å². The van der Waals surface area contributed by atoms with Crippen LogP contribution in [0.2, 0.25) is 0 Å². The first kappa shape index (κ1) is 19.7. The zero-order valence-electron chi connectivity index (χ0n) is 16.6. The van der Waals surface area contributed by atoms with E-state index >= 15 is 0 Å². The third-order valence-electron chi connectivity index (χ3n) is 4.66. The van der Waals surface area contributed by atoms with Gasteiger partial charge in [-0.15, -0.1) is 11.3 Å². The Labute approximate surface area is 177 Å². The summed E-state index contributed by atoms with van der Waals surface area (Å²) in [6.07, 6.45) is 3.59. The number of anilines is 1. The minimum Gasteiger partial charge on any atom is -0.289 e.